The van der Waals surface area contributed by atoms with Gasteiger partial charge in [-0.05, 0) is 59.1 Å². The number of hydrogen-bond donors (Lipinski definition) is 0. The molecule has 4 nitrogen and oxygen atoms in total. The minimum Gasteiger partial charge on any atom is -0.469 e. The van der Waals surface area contributed by atoms with Gasteiger partial charge in [0.2, 0.25) is 0 Å². The van der Waals surface area contributed by atoms with Gasteiger partial charge in [-0.1, -0.05) is 84.4 Å². The molecule has 0 N–H and O–H groups in total. The molecular weight excluding hydrogens is 444 g/mol. The summed E-state index contributed by atoms with van der Waals surface area (Å²) in [4.78, 5) is 13.6. The van der Waals surface area contributed by atoms with Gasteiger partial charge in [-0.15, -0.1) is 0 Å². The summed E-state index contributed by atoms with van der Waals surface area (Å²) in [5.74, 6) is -1.25. The third-order valence-electron chi connectivity index (χ3n) is 8.80. The first-order valence-electron chi connectivity index (χ1n) is 12.4. The highest BCUT2D eigenvalue weighted by Gasteiger charge is 2.72. The Kier molecular flexibility index (Phi) is 4.92. The lowest BCUT2D eigenvalue weighted by Gasteiger charge is -2.52. The molecule has 3 aliphatic rings. The fraction of sp³-hybridized carbons (Fsp3) is 0.281. The highest BCUT2D eigenvalue weighted by molar-refractivity contribution is 5.87. The highest BCUT2D eigenvalue weighted by Crippen LogP contribution is 2.71. The number of nitrogens with zero attached hydrogens (tertiary/aromatic N) is 2. The molecule has 1 fully saturated rings. The van der Waals surface area contributed by atoms with E-state index in [0.29, 0.717) is 0 Å². The van der Waals surface area contributed by atoms with Crippen molar-refractivity contribution in [1.82, 2.24) is 0 Å². The van der Waals surface area contributed by atoms with Crippen molar-refractivity contribution >= 4 is 12.0 Å². The molecule has 3 aromatic rings. The standard InChI is InChI=1S/C32H26N2O2/c1-20-12-13-23-17-27-29(30(35)36-2)28(22-9-4-3-5-10-22)25-15-14-21-8-6-7-11-24(21)32(25,27)31(18-33,19-34)26(23)16-20/h3-13,16-17,25,28-29H,14-15H2,1-2H3/t25-,28-,29-,32?/m1/s1. The first-order chi connectivity index (χ1) is 17.5. The number of carbonyl (C=O) groups excluding carboxylic acids is 1. The fourth-order valence-corrected chi connectivity index (χ4v) is 7.56. The summed E-state index contributed by atoms with van der Waals surface area (Å²) in [6.45, 7) is 1.99. The summed E-state index contributed by atoms with van der Waals surface area (Å²) in [5.41, 5.74) is 4.11. The average molecular weight is 471 g/mol. The highest BCUT2D eigenvalue weighted by atomic mass is 16.5. The van der Waals surface area contributed by atoms with Crippen molar-refractivity contribution in [2.24, 2.45) is 11.8 Å². The van der Waals surface area contributed by atoms with E-state index in [9.17, 15) is 15.3 Å². The van der Waals surface area contributed by atoms with Crippen LogP contribution in [0, 0.1) is 41.4 Å². The van der Waals surface area contributed by atoms with Crippen LogP contribution >= 0.6 is 0 Å². The van der Waals surface area contributed by atoms with Gasteiger partial charge < -0.3 is 4.74 Å². The molecule has 0 aliphatic heterocycles. The summed E-state index contributed by atoms with van der Waals surface area (Å²) >= 11 is 0. The number of methoxy groups -OCH3 is 1. The van der Waals surface area contributed by atoms with Crippen LogP contribution in [-0.2, 0) is 26.8 Å². The van der Waals surface area contributed by atoms with Crippen molar-refractivity contribution in [2.75, 3.05) is 7.11 Å². The number of rotatable bonds is 2. The maximum absolute atomic E-state index is 13.6. The van der Waals surface area contributed by atoms with Gasteiger partial charge in [0.15, 0.2) is 5.41 Å². The molecule has 0 heterocycles. The molecule has 0 radical (unpaired) electrons. The number of aryl methyl sites for hydroxylation is 2. The Morgan fingerprint density at radius 1 is 0.972 bits per heavy atom. The smallest absolute Gasteiger partial charge is 0.313 e. The van der Waals surface area contributed by atoms with Gasteiger partial charge >= 0.3 is 5.97 Å². The summed E-state index contributed by atoms with van der Waals surface area (Å²) in [5, 5.41) is 22.0. The lowest BCUT2D eigenvalue weighted by molar-refractivity contribution is -0.144. The van der Waals surface area contributed by atoms with Gasteiger partial charge in [-0.3, -0.25) is 4.79 Å². The summed E-state index contributed by atoms with van der Waals surface area (Å²) in [7, 11) is 1.43. The lowest BCUT2D eigenvalue weighted by atomic mass is 9.46. The molecule has 3 aromatic carbocycles. The molecule has 0 aromatic heterocycles. The van der Waals surface area contributed by atoms with E-state index in [1.165, 1.54) is 7.11 Å². The van der Waals surface area contributed by atoms with Crippen LogP contribution in [0.3, 0.4) is 0 Å². The quantitative estimate of drug-likeness (QED) is 0.446. The van der Waals surface area contributed by atoms with E-state index in [2.05, 4.69) is 42.5 Å². The van der Waals surface area contributed by atoms with Gasteiger partial charge in [-0.2, -0.15) is 10.5 Å². The third kappa shape index (κ3) is 2.59. The fourth-order valence-electron chi connectivity index (χ4n) is 7.56. The van der Waals surface area contributed by atoms with Crippen LogP contribution in [0.1, 0.15) is 45.7 Å². The molecular formula is C32H26N2O2. The minimum atomic E-state index is -1.49. The topological polar surface area (TPSA) is 73.9 Å². The largest absolute Gasteiger partial charge is 0.469 e. The first-order valence-corrected chi connectivity index (χ1v) is 12.4. The van der Waals surface area contributed by atoms with Crippen LogP contribution in [0.2, 0.25) is 0 Å². The average Bonchev–Trinajstić information content (AvgIpc) is 3.23. The Balaban J connectivity index is 1.80. The van der Waals surface area contributed by atoms with Crippen molar-refractivity contribution in [3.8, 4) is 12.1 Å². The molecule has 0 bridgehead atoms. The molecule has 4 heteroatoms. The van der Waals surface area contributed by atoms with Gasteiger partial charge in [-0.25, -0.2) is 0 Å². The molecule has 0 amide bonds. The zero-order valence-electron chi connectivity index (χ0n) is 20.4. The number of hydrogen-bond acceptors (Lipinski definition) is 4. The lowest BCUT2D eigenvalue weighted by Crippen LogP contribution is -2.55. The number of esters is 1. The maximum Gasteiger partial charge on any atom is 0.313 e. The van der Waals surface area contributed by atoms with Gasteiger partial charge in [0.1, 0.15) is 0 Å². The van der Waals surface area contributed by atoms with E-state index in [4.69, 9.17) is 4.74 Å². The van der Waals surface area contributed by atoms with Crippen LogP contribution < -0.4 is 0 Å². The monoisotopic (exact) mass is 470 g/mol. The second-order valence-electron chi connectivity index (χ2n) is 10.2. The Morgan fingerprint density at radius 3 is 2.42 bits per heavy atom. The molecule has 176 valence electrons. The second-order valence-corrected chi connectivity index (χ2v) is 10.2. The third-order valence-corrected chi connectivity index (χ3v) is 8.80. The number of ether oxygens (including phenoxy) is 1. The number of fused-ring (bicyclic) bond motifs is 2. The van der Waals surface area contributed by atoms with Crippen molar-refractivity contribution in [1.29, 1.82) is 10.5 Å². The van der Waals surface area contributed by atoms with E-state index in [0.717, 1.165) is 51.8 Å². The second kappa shape index (κ2) is 7.94. The van der Waals surface area contributed by atoms with Crippen molar-refractivity contribution < 1.29 is 9.53 Å². The zero-order chi connectivity index (χ0) is 25.1. The van der Waals surface area contributed by atoms with E-state index < -0.39 is 16.7 Å². The Labute approximate surface area is 211 Å². The van der Waals surface area contributed by atoms with Crippen LogP contribution in [0.25, 0.3) is 6.08 Å². The van der Waals surface area contributed by atoms with Gasteiger partial charge in [0.25, 0.3) is 0 Å². The number of carbonyl (C=O) groups is 1. The van der Waals surface area contributed by atoms with Crippen LogP contribution in [-0.4, -0.2) is 13.1 Å². The van der Waals surface area contributed by atoms with Gasteiger partial charge in [0.05, 0.1) is 30.6 Å². The molecule has 3 aliphatic carbocycles. The van der Waals surface area contributed by atoms with E-state index >= 15 is 0 Å². The van der Waals surface area contributed by atoms with Crippen molar-refractivity contribution in [3.63, 3.8) is 0 Å². The van der Waals surface area contributed by atoms with Crippen molar-refractivity contribution in [2.45, 2.75) is 36.5 Å². The van der Waals surface area contributed by atoms with E-state index in [1.807, 2.05) is 55.5 Å². The Bertz CT molecular complexity index is 1490. The zero-order valence-corrected chi connectivity index (χ0v) is 20.4. The Morgan fingerprint density at radius 2 is 1.69 bits per heavy atom. The molecule has 1 saturated carbocycles. The summed E-state index contributed by atoms with van der Waals surface area (Å²) < 4.78 is 5.42. The predicted octanol–water partition coefficient (Wildman–Crippen LogP) is 5.76. The van der Waals surface area contributed by atoms with Crippen molar-refractivity contribution in [3.05, 3.63) is 112 Å². The SMILES string of the molecule is COC(=O)[C@@H]1C2=Cc3ccc(C)cc3C(C#N)(C#N)C23c2ccccc2CC[C@@H]3[C@H]1c1ccccc1. The Hall–Kier alpha value is -4.15. The summed E-state index contributed by atoms with van der Waals surface area (Å²) in [6.07, 6.45) is 3.69. The molecule has 1 spiro atoms. The molecule has 6 rings (SSSR count). The maximum atomic E-state index is 13.6. The predicted molar refractivity (Wildman–Crippen MR) is 137 cm³/mol. The van der Waals surface area contributed by atoms with Gasteiger partial charge in [0, 0.05) is 5.92 Å². The van der Waals surface area contributed by atoms with Crippen LogP contribution in [0.5, 0.6) is 0 Å². The normalized spacial score (nSPS) is 26.7. The van der Waals surface area contributed by atoms with Crippen LogP contribution in [0.4, 0.5) is 0 Å². The number of nitriles is 2. The minimum absolute atomic E-state index is 0.127. The molecule has 1 unspecified atom stereocenters. The van der Waals surface area contributed by atoms with Crippen LogP contribution in [0.15, 0.2) is 78.4 Å². The summed E-state index contributed by atoms with van der Waals surface area (Å²) in [6, 6.07) is 29.3. The number of benzene rings is 3. The van der Waals surface area contributed by atoms with E-state index in [-0.39, 0.29) is 17.8 Å². The van der Waals surface area contributed by atoms with E-state index in [1.54, 1.807) is 0 Å². The molecule has 4 atom stereocenters. The first kappa shape index (κ1) is 22.3. The molecule has 0 saturated heterocycles. The molecule has 36 heavy (non-hydrogen) atoms.